The van der Waals surface area contributed by atoms with Crippen molar-refractivity contribution in [1.29, 1.82) is 0 Å². The van der Waals surface area contributed by atoms with E-state index in [4.69, 9.17) is 9.47 Å². The highest BCUT2D eigenvalue weighted by Crippen LogP contribution is 2.36. The lowest BCUT2D eigenvalue weighted by Crippen LogP contribution is -2.33. The molecule has 0 amide bonds. The van der Waals surface area contributed by atoms with Gasteiger partial charge in [0.05, 0.1) is 18.8 Å². The lowest BCUT2D eigenvalue weighted by Gasteiger charge is -2.37. The fraction of sp³-hybridized carbons (Fsp3) is 1.00. The van der Waals surface area contributed by atoms with Crippen molar-refractivity contribution in [2.75, 3.05) is 13.7 Å². The first-order valence-electron chi connectivity index (χ1n) is 6.97. The molecule has 0 aromatic rings. The minimum absolute atomic E-state index is 0.532. The fourth-order valence-corrected chi connectivity index (χ4v) is 3.32. The van der Waals surface area contributed by atoms with Gasteiger partial charge in [-0.1, -0.05) is 6.92 Å². The van der Waals surface area contributed by atoms with Crippen molar-refractivity contribution in [2.24, 2.45) is 11.8 Å². The van der Waals surface area contributed by atoms with Crippen LogP contribution in [0.1, 0.15) is 51.9 Å². The zero-order chi connectivity index (χ0) is 11.4. The summed E-state index contributed by atoms with van der Waals surface area (Å²) in [6, 6.07) is 0. The summed E-state index contributed by atoms with van der Waals surface area (Å²) in [7, 11) is 1.85. The molecule has 0 N–H and O–H groups in total. The maximum Gasteiger partial charge on any atom is 0.0572 e. The third kappa shape index (κ3) is 2.98. The predicted molar refractivity (Wildman–Crippen MR) is 65.5 cm³/mol. The lowest BCUT2D eigenvalue weighted by atomic mass is 9.76. The van der Waals surface area contributed by atoms with E-state index in [-0.39, 0.29) is 0 Å². The standard InChI is InChI=1S/C14H26O2/c1-3-13-7-6-12(10-16-13)11-4-8-14(15-2)9-5-11/h11-14H,3-10H2,1-2H3. The molecule has 1 heterocycles. The number of hydrogen-bond acceptors (Lipinski definition) is 2. The molecule has 2 nitrogen and oxygen atoms in total. The van der Waals surface area contributed by atoms with Crippen LogP contribution in [0.2, 0.25) is 0 Å². The number of hydrogen-bond donors (Lipinski definition) is 0. The van der Waals surface area contributed by atoms with Gasteiger partial charge in [0, 0.05) is 7.11 Å². The minimum Gasteiger partial charge on any atom is -0.381 e. The molecule has 2 unspecified atom stereocenters. The van der Waals surface area contributed by atoms with Gasteiger partial charge in [-0.15, -0.1) is 0 Å². The molecule has 1 aliphatic heterocycles. The van der Waals surface area contributed by atoms with Crippen LogP contribution in [0.5, 0.6) is 0 Å². The van der Waals surface area contributed by atoms with Gasteiger partial charge in [0.2, 0.25) is 0 Å². The second-order valence-electron chi connectivity index (χ2n) is 5.47. The van der Waals surface area contributed by atoms with Crippen LogP contribution in [-0.4, -0.2) is 25.9 Å². The van der Waals surface area contributed by atoms with Crippen LogP contribution in [0.4, 0.5) is 0 Å². The summed E-state index contributed by atoms with van der Waals surface area (Å²) in [6.45, 7) is 3.25. The monoisotopic (exact) mass is 226 g/mol. The molecule has 1 saturated heterocycles. The Morgan fingerprint density at radius 1 is 1.00 bits per heavy atom. The van der Waals surface area contributed by atoms with E-state index in [0.717, 1.165) is 18.4 Å². The molecule has 0 bridgehead atoms. The van der Waals surface area contributed by atoms with Crippen molar-refractivity contribution in [2.45, 2.75) is 64.1 Å². The predicted octanol–water partition coefficient (Wildman–Crippen LogP) is 3.40. The number of ether oxygens (including phenoxy) is 2. The highest BCUT2D eigenvalue weighted by molar-refractivity contribution is 4.81. The first kappa shape index (κ1) is 12.4. The zero-order valence-corrected chi connectivity index (χ0v) is 10.8. The van der Waals surface area contributed by atoms with Crippen LogP contribution in [0.3, 0.4) is 0 Å². The largest absolute Gasteiger partial charge is 0.381 e. The fourth-order valence-electron chi connectivity index (χ4n) is 3.32. The van der Waals surface area contributed by atoms with Gasteiger partial charge in [-0.05, 0) is 56.8 Å². The quantitative estimate of drug-likeness (QED) is 0.734. The van der Waals surface area contributed by atoms with Crippen molar-refractivity contribution in [3.63, 3.8) is 0 Å². The van der Waals surface area contributed by atoms with E-state index >= 15 is 0 Å². The van der Waals surface area contributed by atoms with Gasteiger partial charge < -0.3 is 9.47 Å². The van der Waals surface area contributed by atoms with Crippen LogP contribution in [-0.2, 0) is 9.47 Å². The van der Waals surface area contributed by atoms with Gasteiger partial charge in [0.1, 0.15) is 0 Å². The molecule has 0 spiro atoms. The van der Waals surface area contributed by atoms with Gasteiger partial charge in [0.15, 0.2) is 0 Å². The summed E-state index contributed by atoms with van der Waals surface area (Å²) in [5, 5.41) is 0. The highest BCUT2D eigenvalue weighted by atomic mass is 16.5. The Balaban J connectivity index is 1.73. The molecule has 0 radical (unpaired) electrons. The topological polar surface area (TPSA) is 18.5 Å². The van der Waals surface area contributed by atoms with Gasteiger partial charge in [-0.25, -0.2) is 0 Å². The van der Waals surface area contributed by atoms with E-state index in [1.54, 1.807) is 0 Å². The van der Waals surface area contributed by atoms with Crippen molar-refractivity contribution in [1.82, 2.24) is 0 Å². The van der Waals surface area contributed by atoms with E-state index in [1.807, 2.05) is 7.11 Å². The van der Waals surface area contributed by atoms with Gasteiger partial charge in [0.25, 0.3) is 0 Å². The average Bonchev–Trinajstić information content (AvgIpc) is 2.39. The van der Waals surface area contributed by atoms with E-state index < -0.39 is 0 Å². The molecule has 0 aromatic heterocycles. The molecule has 94 valence electrons. The average molecular weight is 226 g/mol. The molecule has 2 rings (SSSR count). The van der Waals surface area contributed by atoms with Crippen LogP contribution >= 0.6 is 0 Å². The summed E-state index contributed by atoms with van der Waals surface area (Å²) in [6.07, 6.45) is 10.2. The summed E-state index contributed by atoms with van der Waals surface area (Å²) in [5.41, 5.74) is 0. The second kappa shape index (κ2) is 6.02. The Morgan fingerprint density at radius 2 is 1.69 bits per heavy atom. The van der Waals surface area contributed by atoms with E-state index in [0.29, 0.717) is 12.2 Å². The summed E-state index contributed by atoms with van der Waals surface area (Å²) < 4.78 is 11.3. The highest BCUT2D eigenvalue weighted by Gasteiger charge is 2.30. The van der Waals surface area contributed by atoms with E-state index in [9.17, 15) is 0 Å². The first-order chi connectivity index (χ1) is 7.83. The first-order valence-corrected chi connectivity index (χ1v) is 6.97. The molecular weight excluding hydrogens is 200 g/mol. The normalized spacial score (nSPS) is 40.9. The van der Waals surface area contributed by atoms with E-state index in [1.165, 1.54) is 44.9 Å². The van der Waals surface area contributed by atoms with Crippen LogP contribution in [0, 0.1) is 11.8 Å². The molecule has 1 aliphatic carbocycles. The van der Waals surface area contributed by atoms with Crippen LogP contribution in [0.15, 0.2) is 0 Å². The summed E-state index contributed by atoms with van der Waals surface area (Å²) in [5.74, 6) is 1.74. The third-order valence-electron chi connectivity index (χ3n) is 4.58. The van der Waals surface area contributed by atoms with E-state index in [2.05, 4.69) is 6.92 Å². The maximum atomic E-state index is 5.91. The molecule has 2 aliphatic rings. The molecular formula is C14H26O2. The lowest BCUT2D eigenvalue weighted by molar-refractivity contribution is -0.0460. The summed E-state index contributed by atoms with van der Waals surface area (Å²) >= 11 is 0. The Labute approximate surface area is 99.7 Å². The van der Waals surface area contributed by atoms with Gasteiger partial charge in [-0.3, -0.25) is 0 Å². The van der Waals surface area contributed by atoms with Crippen molar-refractivity contribution >= 4 is 0 Å². The second-order valence-corrected chi connectivity index (χ2v) is 5.47. The Bertz CT molecular complexity index is 167. The Hall–Kier alpha value is -0.0800. The smallest absolute Gasteiger partial charge is 0.0572 e. The third-order valence-corrected chi connectivity index (χ3v) is 4.58. The molecule has 2 fully saturated rings. The van der Waals surface area contributed by atoms with Crippen molar-refractivity contribution in [3.05, 3.63) is 0 Å². The Morgan fingerprint density at radius 3 is 2.19 bits per heavy atom. The van der Waals surface area contributed by atoms with Crippen molar-refractivity contribution in [3.8, 4) is 0 Å². The maximum absolute atomic E-state index is 5.91. The zero-order valence-electron chi connectivity index (χ0n) is 10.8. The van der Waals surface area contributed by atoms with Crippen LogP contribution in [0.25, 0.3) is 0 Å². The molecule has 1 saturated carbocycles. The van der Waals surface area contributed by atoms with Crippen LogP contribution < -0.4 is 0 Å². The van der Waals surface area contributed by atoms with Gasteiger partial charge in [-0.2, -0.15) is 0 Å². The number of methoxy groups -OCH3 is 1. The SMILES string of the molecule is CCC1CCC(C2CCC(OC)CC2)CO1. The van der Waals surface area contributed by atoms with Crippen molar-refractivity contribution < 1.29 is 9.47 Å². The van der Waals surface area contributed by atoms with Gasteiger partial charge >= 0.3 is 0 Å². The molecule has 2 heteroatoms. The number of rotatable bonds is 3. The molecule has 16 heavy (non-hydrogen) atoms. The minimum atomic E-state index is 0.532. The molecule has 0 aromatic carbocycles. The Kier molecular flexibility index (Phi) is 4.66. The summed E-state index contributed by atoms with van der Waals surface area (Å²) in [4.78, 5) is 0. The molecule has 2 atom stereocenters.